The van der Waals surface area contributed by atoms with E-state index in [9.17, 15) is 4.39 Å². The molecule has 0 amide bonds. The van der Waals surface area contributed by atoms with Crippen molar-refractivity contribution in [2.24, 2.45) is 0 Å². The maximum Gasteiger partial charge on any atom is 0.141 e. The molecule has 0 bridgehead atoms. The summed E-state index contributed by atoms with van der Waals surface area (Å²) in [5.41, 5.74) is 3.19. The van der Waals surface area contributed by atoms with Crippen molar-refractivity contribution in [2.75, 3.05) is 0 Å². The fourth-order valence-corrected chi connectivity index (χ4v) is 1.58. The summed E-state index contributed by atoms with van der Waals surface area (Å²) in [5, 5.41) is 3.24. The minimum atomic E-state index is -0.304. The van der Waals surface area contributed by atoms with Crippen molar-refractivity contribution in [2.45, 2.75) is 20.0 Å². The Bertz CT molecular complexity index is 500. The maximum absolute atomic E-state index is 12.9. The van der Waals surface area contributed by atoms with Gasteiger partial charge in [-0.15, -0.1) is 0 Å². The van der Waals surface area contributed by atoms with Crippen LogP contribution in [-0.4, -0.2) is 9.97 Å². The van der Waals surface area contributed by atoms with E-state index < -0.39 is 0 Å². The van der Waals surface area contributed by atoms with E-state index in [-0.39, 0.29) is 5.82 Å². The topological polar surface area (TPSA) is 37.8 Å². The van der Waals surface area contributed by atoms with Crippen molar-refractivity contribution in [3.63, 3.8) is 0 Å². The minimum absolute atomic E-state index is 0.304. The lowest BCUT2D eigenvalue weighted by Crippen LogP contribution is -2.14. The fourth-order valence-electron chi connectivity index (χ4n) is 1.58. The maximum atomic E-state index is 12.9. The lowest BCUT2D eigenvalue weighted by atomic mass is 10.1. The summed E-state index contributed by atoms with van der Waals surface area (Å²) in [6, 6.07) is 3.46. The van der Waals surface area contributed by atoms with E-state index in [1.165, 1.54) is 17.8 Å². The van der Waals surface area contributed by atoms with Gasteiger partial charge < -0.3 is 5.32 Å². The van der Waals surface area contributed by atoms with Crippen LogP contribution in [0.4, 0.5) is 4.39 Å². The zero-order valence-corrected chi connectivity index (χ0v) is 9.65. The normalized spacial score (nSPS) is 10.5. The van der Waals surface area contributed by atoms with Gasteiger partial charge in [-0.2, -0.15) is 0 Å². The molecule has 0 spiro atoms. The number of aryl methyl sites for hydroxylation is 1. The lowest BCUT2D eigenvalue weighted by Gasteiger charge is -2.06. The molecule has 17 heavy (non-hydrogen) atoms. The number of pyridine rings is 2. The SMILES string of the molecule is Cc1ccncc1CNCc1cncc(F)c1. The van der Waals surface area contributed by atoms with E-state index >= 15 is 0 Å². The van der Waals surface area contributed by atoms with Gasteiger partial charge in [-0.25, -0.2) is 4.39 Å². The van der Waals surface area contributed by atoms with E-state index in [4.69, 9.17) is 0 Å². The fraction of sp³-hybridized carbons (Fsp3) is 0.231. The molecule has 0 aromatic carbocycles. The summed E-state index contributed by atoms with van der Waals surface area (Å²) < 4.78 is 12.9. The number of rotatable bonds is 4. The number of hydrogen-bond acceptors (Lipinski definition) is 3. The van der Waals surface area contributed by atoms with Gasteiger partial charge >= 0.3 is 0 Å². The predicted molar refractivity (Wildman–Crippen MR) is 63.7 cm³/mol. The molecule has 88 valence electrons. The molecule has 2 aromatic rings. The Hall–Kier alpha value is -1.81. The molecule has 0 aliphatic heterocycles. The predicted octanol–water partition coefficient (Wildman–Crippen LogP) is 2.21. The van der Waals surface area contributed by atoms with E-state index in [1.54, 1.807) is 12.4 Å². The molecular formula is C13H14FN3. The zero-order chi connectivity index (χ0) is 12.1. The molecule has 3 nitrogen and oxygen atoms in total. The third-order valence-corrected chi connectivity index (χ3v) is 2.55. The Morgan fingerprint density at radius 3 is 2.82 bits per heavy atom. The highest BCUT2D eigenvalue weighted by molar-refractivity contribution is 5.21. The second kappa shape index (κ2) is 5.50. The highest BCUT2D eigenvalue weighted by atomic mass is 19.1. The van der Waals surface area contributed by atoms with Gasteiger partial charge in [0.15, 0.2) is 0 Å². The molecule has 0 saturated carbocycles. The van der Waals surface area contributed by atoms with Crippen molar-refractivity contribution < 1.29 is 4.39 Å². The van der Waals surface area contributed by atoms with Gasteiger partial charge in [-0.1, -0.05) is 0 Å². The van der Waals surface area contributed by atoms with Gasteiger partial charge in [-0.3, -0.25) is 9.97 Å². The molecule has 2 heterocycles. The van der Waals surface area contributed by atoms with Crippen LogP contribution in [0, 0.1) is 12.7 Å². The van der Waals surface area contributed by atoms with Gasteiger partial charge in [0.25, 0.3) is 0 Å². The molecule has 0 aliphatic rings. The molecule has 0 atom stereocenters. The summed E-state index contributed by atoms with van der Waals surface area (Å²) in [5.74, 6) is -0.304. The Balaban J connectivity index is 1.90. The first-order chi connectivity index (χ1) is 8.25. The van der Waals surface area contributed by atoms with Crippen molar-refractivity contribution in [1.29, 1.82) is 0 Å². The van der Waals surface area contributed by atoms with Gasteiger partial charge in [0.1, 0.15) is 5.82 Å². The Morgan fingerprint density at radius 2 is 2.06 bits per heavy atom. The van der Waals surface area contributed by atoms with Crippen LogP contribution in [0.15, 0.2) is 36.9 Å². The number of hydrogen-bond donors (Lipinski definition) is 1. The molecule has 0 saturated heterocycles. The average Bonchev–Trinajstić information content (AvgIpc) is 2.32. The van der Waals surface area contributed by atoms with Crippen LogP contribution >= 0.6 is 0 Å². The third-order valence-electron chi connectivity index (χ3n) is 2.55. The molecule has 1 N–H and O–H groups in total. The van der Waals surface area contributed by atoms with Crippen molar-refractivity contribution in [3.05, 3.63) is 59.4 Å². The molecule has 0 aliphatic carbocycles. The number of halogens is 1. The minimum Gasteiger partial charge on any atom is -0.308 e. The number of nitrogens with one attached hydrogen (secondary N) is 1. The van der Waals surface area contributed by atoms with Crippen LogP contribution in [0.5, 0.6) is 0 Å². The molecule has 2 aromatic heterocycles. The summed E-state index contributed by atoms with van der Waals surface area (Å²) in [4.78, 5) is 7.87. The quantitative estimate of drug-likeness (QED) is 0.876. The van der Waals surface area contributed by atoms with Crippen LogP contribution in [0.3, 0.4) is 0 Å². The lowest BCUT2D eigenvalue weighted by molar-refractivity contribution is 0.612. The Morgan fingerprint density at radius 1 is 1.18 bits per heavy atom. The zero-order valence-electron chi connectivity index (χ0n) is 9.65. The highest BCUT2D eigenvalue weighted by Gasteiger charge is 1.99. The summed E-state index contributed by atoms with van der Waals surface area (Å²) in [7, 11) is 0. The monoisotopic (exact) mass is 231 g/mol. The Kier molecular flexibility index (Phi) is 3.77. The standard InChI is InChI=1S/C13H14FN3/c1-10-2-3-15-7-12(10)8-16-5-11-4-13(14)9-17-6-11/h2-4,6-7,9,16H,5,8H2,1H3. The van der Waals surface area contributed by atoms with Crippen LogP contribution in [0.1, 0.15) is 16.7 Å². The van der Waals surface area contributed by atoms with Crippen molar-refractivity contribution >= 4 is 0 Å². The molecule has 0 radical (unpaired) electrons. The smallest absolute Gasteiger partial charge is 0.141 e. The van der Waals surface area contributed by atoms with E-state index in [0.29, 0.717) is 6.54 Å². The third kappa shape index (κ3) is 3.32. The molecule has 0 fully saturated rings. The van der Waals surface area contributed by atoms with Crippen molar-refractivity contribution in [1.82, 2.24) is 15.3 Å². The van der Waals surface area contributed by atoms with Gasteiger partial charge in [0.2, 0.25) is 0 Å². The van der Waals surface area contributed by atoms with Crippen LogP contribution in [-0.2, 0) is 13.1 Å². The first-order valence-corrected chi connectivity index (χ1v) is 5.45. The average molecular weight is 231 g/mol. The molecule has 2 rings (SSSR count). The summed E-state index contributed by atoms with van der Waals surface area (Å²) >= 11 is 0. The second-order valence-corrected chi connectivity index (χ2v) is 3.92. The number of nitrogens with zero attached hydrogens (tertiary/aromatic N) is 2. The van der Waals surface area contributed by atoms with Gasteiger partial charge in [0, 0.05) is 31.7 Å². The van der Waals surface area contributed by atoms with Crippen LogP contribution in [0.25, 0.3) is 0 Å². The summed E-state index contributed by atoms with van der Waals surface area (Å²) in [6.07, 6.45) is 6.47. The summed E-state index contributed by atoms with van der Waals surface area (Å²) in [6.45, 7) is 3.36. The number of aromatic nitrogens is 2. The molecule has 0 unspecified atom stereocenters. The first kappa shape index (κ1) is 11.7. The largest absolute Gasteiger partial charge is 0.308 e. The van der Waals surface area contributed by atoms with E-state index in [0.717, 1.165) is 17.7 Å². The van der Waals surface area contributed by atoms with E-state index in [1.807, 2.05) is 19.2 Å². The van der Waals surface area contributed by atoms with Gasteiger partial charge in [0.05, 0.1) is 6.20 Å². The van der Waals surface area contributed by atoms with E-state index in [2.05, 4.69) is 15.3 Å². The second-order valence-electron chi connectivity index (χ2n) is 3.92. The molecule has 4 heteroatoms. The van der Waals surface area contributed by atoms with Crippen LogP contribution < -0.4 is 5.32 Å². The molecular weight excluding hydrogens is 217 g/mol. The first-order valence-electron chi connectivity index (χ1n) is 5.45. The highest BCUT2D eigenvalue weighted by Crippen LogP contribution is 2.05. The Labute approximate surface area is 99.7 Å². The van der Waals surface area contributed by atoms with Gasteiger partial charge in [-0.05, 0) is 35.7 Å². The van der Waals surface area contributed by atoms with Crippen LogP contribution in [0.2, 0.25) is 0 Å². The van der Waals surface area contributed by atoms with Crippen molar-refractivity contribution in [3.8, 4) is 0 Å².